The van der Waals surface area contributed by atoms with E-state index in [2.05, 4.69) is 27.0 Å². The Bertz CT molecular complexity index is 368. The van der Waals surface area contributed by atoms with Crippen molar-refractivity contribution >= 4 is 22.9 Å². The molecule has 0 aromatic carbocycles. The molecule has 2 rings (SSSR count). The van der Waals surface area contributed by atoms with Gasteiger partial charge in [-0.1, -0.05) is 0 Å². The minimum absolute atomic E-state index is 0.454. The smallest absolute Gasteiger partial charge is 0.224 e. The molecule has 3 nitrogen and oxygen atoms in total. The number of aryl methyl sites for hydroxylation is 2. The summed E-state index contributed by atoms with van der Waals surface area (Å²) in [6, 6.07) is 2.11. The van der Waals surface area contributed by atoms with E-state index in [1.54, 1.807) is 17.7 Å². The average molecular weight is 214 g/mol. The zero-order valence-electron chi connectivity index (χ0n) is 6.85. The first kappa shape index (κ1) is 8.72. The zero-order valence-corrected chi connectivity index (χ0v) is 8.42. The molecule has 2 aromatic rings. The molecule has 13 heavy (non-hydrogen) atoms. The third kappa shape index (κ3) is 2.08. The predicted molar refractivity (Wildman–Crippen MR) is 53.1 cm³/mol. The lowest BCUT2D eigenvalue weighted by Crippen LogP contribution is -1.99. The molecule has 0 saturated carbocycles. The van der Waals surface area contributed by atoms with Gasteiger partial charge in [-0.3, -0.25) is 0 Å². The van der Waals surface area contributed by atoms with Crippen molar-refractivity contribution in [3.05, 3.63) is 34.0 Å². The lowest BCUT2D eigenvalue weighted by Gasteiger charge is -1.99. The third-order valence-electron chi connectivity index (χ3n) is 1.79. The predicted octanol–water partition coefficient (Wildman–Crippen LogP) is 2.24. The van der Waals surface area contributed by atoms with Gasteiger partial charge in [0.15, 0.2) is 0 Å². The molecule has 0 N–H and O–H groups in total. The van der Waals surface area contributed by atoms with E-state index in [-0.39, 0.29) is 0 Å². The normalized spacial score (nSPS) is 10.5. The van der Waals surface area contributed by atoms with E-state index in [1.165, 1.54) is 5.56 Å². The highest BCUT2D eigenvalue weighted by atomic mass is 35.5. The van der Waals surface area contributed by atoms with Gasteiger partial charge in [-0.15, -0.1) is 10.2 Å². The molecule has 68 valence electrons. The molecule has 0 atom stereocenters. The molecule has 0 aliphatic heterocycles. The molecule has 5 heteroatoms. The number of nitrogens with zero attached hydrogens (tertiary/aromatic N) is 3. The number of hydrogen-bond acceptors (Lipinski definition) is 3. The van der Waals surface area contributed by atoms with Crippen LogP contribution in [0.1, 0.15) is 5.56 Å². The Morgan fingerprint density at radius 2 is 2.46 bits per heavy atom. The second-order valence-electron chi connectivity index (χ2n) is 2.67. The van der Waals surface area contributed by atoms with Gasteiger partial charge in [0, 0.05) is 6.54 Å². The lowest BCUT2D eigenvalue weighted by atomic mass is 10.2. The zero-order chi connectivity index (χ0) is 9.10. The number of halogens is 1. The fourth-order valence-electron chi connectivity index (χ4n) is 1.08. The van der Waals surface area contributed by atoms with Gasteiger partial charge in [-0.2, -0.15) is 11.3 Å². The van der Waals surface area contributed by atoms with Crippen LogP contribution in [0.15, 0.2) is 23.2 Å². The summed E-state index contributed by atoms with van der Waals surface area (Å²) in [5.74, 6) is 0. The van der Waals surface area contributed by atoms with Crippen molar-refractivity contribution < 1.29 is 0 Å². The number of rotatable bonds is 3. The number of thiophene rings is 1. The molecule has 0 fully saturated rings. The first-order valence-corrected chi connectivity index (χ1v) is 5.23. The number of hydrogen-bond donors (Lipinski definition) is 0. The highest BCUT2D eigenvalue weighted by Crippen LogP contribution is 2.09. The van der Waals surface area contributed by atoms with Crippen LogP contribution in [0.2, 0.25) is 5.28 Å². The van der Waals surface area contributed by atoms with E-state index in [0.717, 1.165) is 13.0 Å². The van der Waals surface area contributed by atoms with E-state index in [4.69, 9.17) is 11.6 Å². The van der Waals surface area contributed by atoms with E-state index in [0.29, 0.717) is 5.28 Å². The molecule has 0 aliphatic carbocycles. The van der Waals surface area contributed by atoms with Crippen molar-refractivity contribution in [2.75, 3.05) is 0 Å². The Morgan fingerprint density at radius 1 is 1.54 bits per heavy atom. The summed E-state index contributed by atoms with van der Waals surface area (Å²) in [5, 5.41) is 12.1. The topological polar surface area (TPSA) is 30.7 Å². The van der Waals surface area contributed by atoms with Crippen molar-refractivity contribution in [2.45, 2.75) is 13.0 Å². The van der Waals surface area contributed by atoms with Crippen molar-refractivity contribution in [3.63, 3.8) is 0 Å². The summed E-state index contributed by atoms with van der Waals surface area (Å²) in [7, 11) is 0. The quantitative estimate of drug-likeness (QED) is 0.783. The minimum Gasteiger partial charge on any atom is -0.304 e. The van der Waals surface area contributed by atoms with Crippen LogP contribution in [-0.4, -0.2) is 14.8 Å². The Morgan fingerprint density at radius 3 is 3.08 bits per heavy atom. The molecule has 0 aliphatic rings. The Labute approximate surface area is 85.0 Å². The van der Waals surface area contributed by atoms with Gasteiger partial charge in [0.1, 0.15) is 6.33 Å². The van der Waals surface area contributed by atoms with Gasteiger partial charge in [0.2, 0.25) is 5.28 Å². The van der Waals surface area contributed by atoms with Crippen molar-refractivity contribution in [1.82, 2.24) is 14.8 Å². The van der Waals surface area contributed by atoms with E-state index >= 15 is 0 Å². The second kappa shape index (κ2) is 3.89. The van der Waals surface area contributed by atoms with Crippen LogP contribution in [0, 0.1) is 0 Å². The summed E-state index contributed by atoms with van der Waals surface area (Å²) in [6.07, 6.45) is 2.62. The molecule has 0 saturated heterocycles. The minimum atomic E-state index is 0.454. The fraction of sp³-hybridized carbons (Fsp3) is 0.250. The van der Waals surface area contributed by atoms with Gasteiger partial charge in [-0.25, -0.2) is 0 Å². The van der Waals surface area contributed by atoms with Crippen molar-refractivity contribution in [1.29, 1.82) is 0 Å². The monoisotopic (exact) mass is 213 g/mol. The maximum absolute atomic E-state index is 5.77. The van der Waals surface area contributed by atoms with Crippen LogP contribution in [0.4, 0.5) is 0 Å². The van der Waals surface area contributed by atoms with Gasteiger partial charge in [0.05, 0.1) is 0 Å². The largest absolute Gasteiger partial charge is 0.304 e. The van der Waals surface area contributed by atoms with Gasteiger partial charge in [0.25, 0.3) is 0 Å². The molecule has 0 unspecified atom stereocenters. The molecule has 2 aromatic heterocycles. The maximum atomic E-state index is 5.77. The lowest BCUT2D eigenvalue weighted by molar-refractivity contribution is 0.695. The van der Waals surface area contributed by atoms with Gasteiger partial charge in [-0.05, 0) is 40.4 Å². The Balaban J connectivity index is 1.97. The Kier molecular flexibility index (Phi) is 2.61. The standard InChI is InChI=1S/C8H8ClN3S/c9-8-11-10-6-12(8)3-1-7-2-4-13-5-7/h2,4-6H,1,3H2. The van der Waals surface area contributed by atoms with Gasteiger partial charge >= 0.3 is 0 Å². The molecule has 0 bridgehead atoms. The molecular formula is C8H8ClN3S. The molecule has 2 heterocycles. The first-order valence-electron chi connectivity index (χ1n) is 3.90. The number of aromatic nitrogens is 3. The summed E-state index contributed by atoms with van der Waals surface area (Å²) < 4.78 is 1.83. The fourth-order valence-corrected chi connectivity index (χ4v) is 1.95. The molecule has 0 radical (unpaired) electrons. The average Bonchev–Trinajstić information content (AvgIpc) is 2.72. The third-order valence-corrected chi connectivity index (χ3v) is 2.81. The summed E-state index contributed by atoms with van der Waals surface area (Å²) in [4.78, 5) is 0. The summed E-state index contributed by atoms with van der Waals surface area (Å²) in [6.45, 7) is 0.836. The molecule has 0 amide bonds. The van der Waals surface area contributed by atoms with Crippen LogP contribution in [0.5, 0.6) is 0 Å². The van der Waals surface area contributed by atoms with Crippen molar-refractivity contribution in [2.24, 2.45) is 0 Å². The van der Waals surface area contributed by atoms with Crippen LogP contribution >= 0.6 is 22.9 Å². The van der Waals surface area contributed by atoms with Crippen molar-refractivity contribution in [3.8, 4) is 0 Å². The SMILES string of the molecule is Clc1nncn1CCc1ccsc1. The molecular weight excluding hydrogens is 206 g/mol. The summed E-state index contributed by atoms with van der Waals surface area (Å²) in [5.41, 5.74) is 1.33. The maximum Gasteiger partial charge on any atom is 0.224 e. The highest BCUT2D eigenvalue weighted by molar-refractivity contribution is 7.07. The van der Waals surface area contributed by atoms with Crippen LogP contribution in [0.25, 0.3) is 0 Å². The second-order valence-corrected chi connectivity index (χ2v) is 3.79. The van der Waals surface area contributed by atoms with Crippen LogP contribution < -0.4 is 0 Å². The van der Waals surface area contributed by atoms with E-state index in [1.807, 2.05) is 4.57 Å². The van der Waals surface area contributed by atoms with E-state index < -0.39 is 0 Å². The first-order chi connectivity index (χ1) is 6.36. The highest BCUT2D eigenvalue weighted by Gasteiger charge is 2.00. The van der Waals surface area contributed by atoms with E-state index in [9.17, 15) is 0 Å². The van der Waals surface area contributed by atoms with Crippen LogP contribution in [-0.2, 0) is 13.0 Å². The Hall–Kier alpha value is -0.870. The van der Waals surface area contributed by atoms with Gasteiger partial charge < -0.3 is 4.57 Å². The van der Waals surface area contributed by atoms with Crippen LogP contribution in [0.3, 0.4) is 0 Å². The molecule has 0 spiro atoms. The summed E-state index contributed by atoms with van der Waals surface area (Å²) >= 11 is 7.48.